The van der Waals surface area contributed by atoms with E-state index in [9.17, 15) is 18.0 Å². The number of rotatable bonds is 2. The molecule has 1 heterocycles. The zero-order valence-corrected chi connectivity index (χ0v) is 13.9. The minimum atomic E-state index is -4.32. The van der Waals surface area contributed by atoms with E-state index in [2.05, 4.69) is 0 Å². The van der Waals surface area contributed by atoms with Crippen molar-refractivity contribution in [3.63, 3.8) is 0 Å². The van der Waals surface area contributed by atoms with Crippen LogP contribution >= 0.6 is 0 Å². The molecular weight excluding hydrogens is 329 g/mol. The Morgan fingerprint density at radius 1 is 0.880 bits per heavy atom. The Labute approximate surface area is 144 Å². The highest BCUT2D eigenvalue weighted by molar-refractivity contribution is 5.94. The molecule has 25 heavy (non-hydrogen) atoms. The molecule has 0 unspecified atom stereocenters. The van der Waals surface area contributed by atoms with Crippen LogP contribution in [0.2, 0.25) is 0 Å². The topological polar surface area (TPSA) is 23.6 Å². The fraction of sp³-hybridized carbons (Fsp3) is 0.316. The molecule has 1 amide bonds. The monoisotopic (exact) mass is 348 g/mol. The van der Waals surface area contributed by atoms with Crippen LogP contribution in [-0.4, -0.2) is 37.0 Å². The lowest BCUT2D eigenvalue weighted by Gasteiger charge is -2.36. The fourth-order valence-corrected chi connectivity index (χ4v) is 2.91. The first-order valence-electron chi connectivity index (χ1n) is 8.13. The number of carbonyl (C=O) groups is 1. The molecule has 0 spiro atoms. The Bertz CT molecular complexity index is 731. The van der Waals surface area contributed by atoms with Gasteiger partial charge in [-0.05, 0) is 43.3 Å². The van der Waals surface area contributed by atoms with Crippen LogP contribution in [0.25, 0.3) is 0 Å². The molecule has 1 aliphatic rings. The molecule has 132 valence electrons. The number of halogens is 3. The number of anilines is 1. The van der Waals surface area contributed by atoms with Crippen LogP contribution in [0.3, 0.4) is 0 Å². The first-order chi connectivity index (χ1) is 11.8. The molecule has 6 heteroatoms. The Morgan fingerprint density at radius 3 is 1.96 bits per heavy atom. The van der Waals surface area contributed by atoms with Gasteiger partial charge in [-0.2, -0.15) is 13.2 Å². The van der Waals surface area contributed by atoms with E-state index in [0.29, 0.717) is 31.7 Å². The zero-order chi connectivity index (χ0) is 18.0. The maximum absolute atomic E-state index is 12.6. The second-order valence-corrected chi connectivity index (χ2v) is 6.19. The van der Waals surface area contributed by atoms with Crippen LogP contribution in [0.4, 0.5) is 18.9 Å². The van der Waals surface area contributed by atoms with Crippen LogP contribution in [0, 0.1) is 6.92 Å². The zero-order valence-electron chi connectivity index (χ0n) is 13.9. The van der Waals surface area contributed by atoms with E-state index < -0.39 is 11.7 Å². The number of nitrogens with zero attached hydrogens (tertiary/aromatic N) is 2. The smallest absolute Gasteiger partial charge is 0.368 e. The number of carbonyl (C=O) groups excluding carboxylic acids is 1. The lowest BCUT2D eigenvalue weighted by molar-refractivity contribution is -0.137. The van der Waals surface area contributed by atoms with E-state index in [0.717, 1.165) is 23.4 Å². The third-order valence-corrected chi connectivity index (χ3v) is 4.43. The van der Waals surface area contributed by atoms with E-state index in [1.54, 1.807) is 4.90 Å². The number of aryl methyl sites for hydroxylation is 1. The predicted octanol–water partition coefficient (Wildman–Crippen LogP) is 3.98. The van der Waals surface area contributed by atoms with Crippen LogP contribution in [0.15, 0.2) is 48.5 Å². The van der Waals surface area contributed by atoms with Gasteiger partial charge >= 0.3 is 6.18 Å². The van der Waals surface area contributed by atoms with Crippen molar-refractivity contribution < 1.29 is 18.0 Å². The first-order valence-corrected chi connectivity index (χ1v) is 8.13. The number of benzene rings is 2. The van der Waals surface area contributed by atoms with Crippen LogP contribution in [0.1, 0.15) is 21.5 Å². The summed E-state index contributed by atoms with van der Waals surface area (Å²) in [4.78, 5) is 16.3. The summed E-state index contributed by atoms with van der Waals surface area (Å²) >= 11 is 0. The molecule has 0 atom stereocenters. The Kier molecular flexibility index (Phi) is 4.70. The standard InChI is InChI=1S/C19H19F3N2O/c1-14-2-4-15(5-3-14)18(25)24-12-10-23(11-13-24)17-8-6-16(7-9-17)19(20,21)22/h2-9H,10-13H2,1H3. The Balaban J connectivity index is 1.61. The third kappa shape index (κ3) is 3.95. The normalized spacial score (nSPS) is 15.4. The van der Waals surface area contributed by atoms with Gasteiger partial charge < -0.3 is 9.80 Å². The lowest BCUT2D eigenvalue weighted by Crippen LogP contribution is -2.48. The fourth-order valence-electron chi connectivity index (χ4n) is 2.91. The predicted molar refractivity (Wildman–Crippen MR) is 90.7 cm³/mol. The number of hydrogen-bond acceptors (Lipinski definition) is 2. The van der Waals surface area contributed by atoms with Gasteiger partial charge in [0.05, 0.1) is 5.56 Å². The molecular formula is C19H19F3N2O. The molecule has 2 aromatic rings. The minimum Gasteiger partial charge on any atom is -0.368 e. The number of piperazine rings is 1. The summed E-state index contributed by atoms with van der Waals surface area (Å²) in [5, 5.41) is 0. The molecule has 0 bridgehead atoms. The first kappa shape index (κ1) is 17.3. The molecule has 0 N–H and O–H groups in total. The van der Waals surface area contributed by atoms with Crippen LogP contribution < -0.4 is 4.90 Å². The van der Waals surface area contributed by atoms with Crippen molar-refractivity contribution in [1.29, 1.82) is 0 Å². The van der Waals surface area contributed by atoms with E-state index in [1.165, 1.54) is 12.1 Å². The van der Waals surface area contributed by atoms with Gasteiger partial charge in [-0.3, -0.25) is 4.79 Å². The second-order valence-electron chi connectivity index (χ2n) is 6.19. The van der Waals surface area contributed by atoms with Crippen molar-refractivity contribution in [3.05, 3.63) is 65.2 Å². The van der Waals surface area contributed by atoms with Crippen molar-refractivity contribution >= 4 is 11.6 Å². The minimum absolute atomic E-state index is 0.00734. The van der Waals surface area contributed by atoms with Gasteiger partial charge in [-0.15, -0.1) is 0 Å². The van der Waals surface area contributed by atoms with Gasteiger partial charge in [0.2, 0.25) is 0 Å². The maximum Gasteiger partial charge on any atom is 0.416 e. The highest BCUT2D eigenvalue weighted by Crippen LogP contribution is 2.30. The molecule has 0 aliphatic carbocycles. The second kappa shape index (κ2) is 6.78. The lowest BCUT2D eigenvalue weighted by atomic mass is 10.1. The van der Waals surface area contributed by atoms with E-state index in [-0.39, 0.29) is 5.91 Å². The molecule has 3 nitrogen and oxygen atoms in total. The van der Waals surface area contributed by atoms with Crippen molar-refractivity contribution in [3.8, 4) is 0 Å². The molecule has 1 aliphatic heterocycles. The van der Waals surface area contributed by atoms with Gasteiger partial charge in [0, 0.05) is 37.4 Å². The third-order valence-electron chi connectivity index (χ3n) is 4.43. The van der Waals surface area contributed by atoms with Gasteiger partial charge in [-0.25, -0.2) is 0 Å². The van der Waals surface area contributed by atoms with E-state index in [1.807, 2.05) is 36.1 Å². The SMILES string of the molecule is Cc1ccc(C(=O)N2CCN(c3ccc(C(F)(F)F)cc3)CC2)cc1. The Hall–Kier alpha value is -2.50. The number of amides is 1. The van der Waals surface area contributed by atoms with Gasteiger partial charge in [0.25, 0.3) is 5.91 Å². The van der Waals surface area contributed by atoms with E-state index in [4.69, 9.17) is 0 Å². The van der Waals surface area contributed by atoms with Gasteiger partial charge in [0.15, 0.2) is 0 Å². The Morgan fingerprint density at radius 2 is 1.44 bits per heavy atom. The highest BCUT2D eigenvalue weighted by Gasteiger charge is 2.30. The largest absolute Gasteiger partial charge is 0.416 e. The van der Waals surface area contributed by atoms with Crippen LogP contribution in [0.5, 0.6) is 0 Å². The molecule has 0 saturated carbocycles. The van der Waals surface area contributed by atoms with Crippen molar-refractivity contribution in [2.45, 2.75) is 13.1 Å². The summed E-state index contributed by atoms with van der Waals surface area (Å²) in [6.07, 6.45) is -4.32. The molecule has 2 aromatic carbocycles. The van der Waals surface area contributed by atoms with Gasteiger partial charge in [-0.1, -0.05) is 17.7 Å². The molecule has 0 radical (unpaired) electrons. The average molecular weight is 348 g/mol. The number of hydrogen-bond donors (Lipinski definition) is 0. The van der Waals surface area contributed by atoms with Crippen molar-refractivity contribution in [1.82, 2.24) is 4.90 Å². The van der Waals surface area contributed by atoms with Gasteiger partial charge in [0.1, 0.15) is 0 Å². The summed E-state index contributed by atoms with van der Waals surface area (Å²) in [5.74, 6) is -0.00734. The molecule has 3 rings (SSSR count). The quantitative estimate of drug-likeness (QED) is 0.820. The maximum atomic E-state index is 12.6. The van der Waals surface area contributed by atoms with Crippen LogP contribution in [-0.2, 0) is 6.18 Å². The summed E-state index contributed by atoms with van der Waals surface area (Å²) < 4.78 is 37.9. The molecule has 0 aromatic heterocycles. The molecule has 1 saturated heterocycles. The molecule has 1 fully saturated rings. The summed E-state index contributed by atoms with van der Waals surface area (Å²) in [5.41, 5.74) is 1.86. The number of alkyl halides is 3. The van der Waals surface area contributed by atoms with E-state index >= 15 is 0 Å². The summed E-state index contributed by atoms with van der Waals surface area (Å²) in [7, 11) is 0. The van der Waals surface area contributed by atoms with Crippen molar-refractivity contribution in [2.24, 2.45) is 0 Å². The summed E-state index contributed by atoms with van der Waals surface area (Å²) in [6, 6.07) is 12.6. The summed E-state index contributed by atoms with van der Waals surface area (Å²) in [6.45, 7) is 4.27. The highest BCUT2D eigenvalue weighted by atomic mass is 19.4. The average Bonchev–Trinajstić information content (AvgIpc) is 2.61. The van der Waals surface area contributed by atoms with Crippen molar-refractivity contribution in [2.75, 3.05) is 31.1 Å².